The summed E-state index contributed by atoms with van der Waals surface area (Å²) in [6.45, 7) is 8.79. The second-order valence-electron chi connectivity index (χ2n) is 6.86. The molecular weight excluding hydrogens is 312 g/mol. The van der Waals surface area contributed by atoms with Gasteiger partial charge in [0.15, 0.2) is 0 Å². The molecule has 0 bridgehead atoms. The van der Waals surface area contributed by atoms with E-state index in [4.69, 9.17) is 0 Å². The zero-order chi connectivity index (χ0) is 17.7. The van der Waals surface area contributed by atoms with Gasteiger partial charge in [-0.05, 0) is 67.8 Å². The first-order valence-corrected chi connectivity index (χ1v) is 8.83. The molecule has 0 aromatic heterocycles. The third-order valence-corrected chi connectivity index (χ3v) is 5.33. The van der Waals surface area contributed by atoms with Crippen LogP contribution in [0, 0.1) is 0 Å². The lowest BCUT2D eigenvalue weighted by molar-refractivity contribution is 1.47. The molecular formula is C26H18. The summed E-state index contributed by atoms with van der Waals surface area (Å²) in [6.07, 6.45) is 8.56. The van der Waals surface area contributed by atoms with Gasteiger partial charge >= 0.3 is 0 Å². The zero-order valence-electron chi connectivity index (χ0n) is 14.5. The van der Waals surface area contributed by atoms with Crippen LogP contribution < -0.4 is 0 Å². The van der Waals surface area contributed by atoms with Crippen molar-refractivity contribution in [1.82, 2.24) is 0 Å². The molecule has 0 amide bonds. The average Bonchev–Trinajstić information content (AvgIpc) is 2.63. The molecule has 0 radical (unpaired) electrons. The minimum Gasteiger partial charge on any atom is -0.0905 e. The van der Waals surface area contributed by atoms with Crippen LogP contribution >= 0.6 is 0 Å². The molecule has 122 valence electrons. The monoisotopic (exact) mass is 330 g/mol. The van der Waals surface area contributed by atoms with E-state index in [0.717, 1.165) is 33.4 Å². The number of hydrogen-bond donors (Lipinski definition) is 0. The smallest absolute Gasteiger partial charge is 0.0105 e. The Morgan fingerprint density at radius 3 is 1.27 bits per heavy atom. The highest BCUT2D eigenvalue weighted by molar-refractivity contribution is 5.94. The second-order valence-corrected chi connectivity index (χ2v) is 6.86. The van der Waals surface area contributed by atoms with Crippen LogP contribution in [0.3, 0.4) is 0 Å². The largest absolute Gasteiger partial charge is 0.0905 e. The molecule has 0 N–H and O–H groups in total. The fraction of sp³-hybridized carbons (Fsp3) is 0. The van der Waals surface area contributed by atoms with Crippen molar-refractivity contribution in [3.8, 4) is 0 Å². The molecule has 0 saturated carbocycles. The molecule has 0 spiro atoms. The van der Waals surface area contributed by atoms with Gasteiger partial charge in [0, 0.05) is 0 Å². The SMILES string of the molecule is C=C(c1ccc2c(c1)C=C2)c1ccccc1C(=C)c1ccc2c(c1)C=C2. The van der Waals surface area contributed by atoms with Crippen LogP contribution in [0.15, 0.2) is 73.8 Å². The molecule has 0 saturated heterocycles. The van der Waals surface area contributed by atoms with Crippen molar-refractivity contribution in [2.24, 2.45) is 0 Å². The van der Waals surface area contributed by atoms with Crippen LogP contribution in [0.25, 0.3) is 35.5 Å². The summed E-state index contributed by atoms with van der Waals surface area (Å²) in [5, 5.41) is 0. The van der Waals surface area contributed by atoms with E-state index in [1.807, 2.05) is 0 Å². The molecule has 0 fully saturated rings. The highest BCUT2D eigenvalue weighted by Gasteiger charge is 2.15. The van der Waals surface area contributed by atoms with Gasteiger partial charge in [-0.2, -0.15) is 0 Å². The van der Waals surface area contributed by atoms with E-state index in [1.165, 1.54) is 22.3 Å². The van der Waals surface area contributed by atoms with Gasteiger partial charge in [-0.1, -0.05) is 86.0 Å². The normalized spacial score (nSPS) is 12.6. The minimum atomic E-state index is 1.04. The van der Waals surface area contributed by atoms with Gasteiger partial charge in [0.05, 0.1) is 0 Å². The maximum Gasteiger partial charge on any atom is -0.0105 e. The van der Waals surface area contributed by atoms with Gasteiger partial charge in [0.1, 0.15) is 0 Å². The van der Waals surface area contributed by atoms with Crippen LogP contribution in [0.4, 0.5) is 0 Å². The van der Waals surface area contributed by atoms with Gasteiger partial charge in [0.25, 0.3) is 0 Å². The minimum absolute atomic E-state index is 1.04. The third kappa shape index (κ3) is 2.23. The Morgan fingerprint density at radius 1 is 0.500 bits per heavy atom. The Morgan fingerprint density at radius 2 is 0.923 bits per heavy atom. The lowest BCUT2D eigenvalue weighted by Crippen LogP contribution is -1.98. The fourth-order valence-corrected chi connectivity index (χ4v) is 3.60. The lowest BCUT2D eigenvalue weighted by Gasteiger charge is -2.18. The molecule has 0 unspecified atom stereocenters. The molecule has 0 heterocycles. The Kier molecular flexibility index (Phi) is 3.20. The average molecular weight is 330 g/mol. The standard InChI is InChI=1S/C26H18/c1-17(21-11-7-19-9-13-23(19)15-21)25-5-3-4-6-26(25)18(2)22-12-8-20-10-14-24(20)16-22/h3-16H,1-2H2. The predicted molar refractivity (Wildman–Crippen MR) is 113 cm³/mol. The van der Waals surface area contributed by atoms with Crippen LogP contribution in [0.5, 0.6) is 0 Å². The molecule has 2 aliphatic rings. The second kappa shape index (κ2) is 5.57. The molecule has 5 rings (SSSR count). The summed E-state index contributed by atoms with van der Waals surface area (Å²) >= 11 is 0. The van der Waals surface area contributed by atoms with Crippen LogP contribution in [0.1, 0.15) is 44.5 Å². The van der Waals surface area contributed by atoms with Crippen LogP contribution in [-0.4, -0.2) is 0 Å². The summed E-state index contributed by atoms with van der Waals surface area (Å²) in [6, 6.07) is 21.5. The van der Waals surface area contributed by atoms with E-state index in [1.54, 1.807) is 0 Å². The molecule has 0 atom stereocenters. The van der Waals surface area contributed by atoms with Gasteiger partial charge in [-0.25, -0.2) is 0 Å². The van der Waals surface area contributed by atoms with E-state index < -0.39 is 0 Å². The molecule has 2 aliphatic carbocycles. The molecule has 3 aromatic carbocycles. The number of fused-ring (bicyclic) bond motifs is 2. The summed E-state index contributed by atoms with van der Waals surface area (Å²) < 4.78 is 0. The highest BCUT2D eigenvalue weighted by atomic mass is 14.2. The summed E-state index contributed by atoms with van der Waals surface area (Å²) in [5.74, 6) is 0. The Balaban J connectivity index is 1.54. The predicted octanol–water partition coefficient (Wildman–Crippen LogP) is 6.78. The fourth-order valence-electron chi connectivity index (χ4n) is 3.60. The maximum absolute atomic E-state index is 4.39. The number of rotatable bonds is 4. The van der Waals surface area contributed by atoms with Crippen LogP contribution in [0.2, 0.25) is 0 Å². The van der Waals surface area contributed by atoms with Gasteiger partial charge in [-0.3, -0.25) is 0 Å². The number of benzene rings is 3. The maximum atomic E-state index is 4.39. The van der Waals surface area contributed by atoms with Crippen molar-refractivity contribution in [1.29, 1.82) is 0 Å². The van der Waals surface area contributed by atoms with Crippen molar-refractivity contribution in [2.45, 2.75) is 0 Å². The molecule has 0 heteroatoms. The Bertz CT molecular complexity index is 1060. The number of hydrogen-bond acceptors (Lipinski definition) is 0. The molecule has 0 aliphatic heterocycles. The van der Waals surface area contributed by atoms with Gasteiger partial charge < -0.3 is 0 Å². The summed E-state index contributed by atoms with van der Waals surface area (Å²) in [5.41, 5.74) is 11.8. The van der Waals surface area contributed by atoms with E-state index in [2.05, 4.69) is 98.1 Å². The first-order chi connectivity index (χ1) is 12.7. The Hall–Kier alpha value is -3.38. The van der Waals surface area contributed by atoms with E-state index >= 15 is 0 Å². The van der Waals surface area contributed by atoms with E-state index in [9.17, 15) is 0 Å². The first kappa shape index (κ1) is 14.9. The van der Waals surface area contributed by atoms with Crippen molar-refractivity contribution in [3.05, 3.63) is 118 Å². The zero-order valence-corrected chi connectivity index (χ0v) is 14.5. The van der Waals surface area contributed by atoms with Crippen molar-refractivity contribution in [3.63, 3.8) is 0 Å². The highest BCUT2D eigenvalue weighted by Crippen LogP contribution is 2.35. The Labute approximate surface area is 154 Å². The van der Waals surface area contributed by atoms with Crippen molar-refractivity contribution in [2.75, 3.05) is 0 Å². The lowest BCUT2D eigenvalue weighted by atomic mass is 9.86. The van der Waals surface area contributed by atoms with Crippen LogP contribution in [-0.2, 0) is 0 Å². The topological polar surface area (TPSA) is 0 Å². The molecule has 3 aromatic rings. The van der Waals surface area contributed by atoms with E-state index in [0.29, 0.717) is 0 Å². The van der Waals surface area contributed by atoms with E-state index in [-0.39, 0.29) is 0 Å². The first-order valence-electron chi connectivity index (χ1n) is 8.83. The van der Waals surface area contributed by atoms with Gasteiger partial charge in [0.2, 0.25) is 0 Å². The summed E-state index contributed by atoms with van der Waals surface area (Å²) in [7, 11) is 0. The van der Waals surface area contributed by atoms with Gasteiger partial charge in [-0.15, -0.1) is 0 Å². The summed E-state index contributed by atoms with van der Waals surface area (Å²) in [4.78, 5) is 0. The third-order valence-electron chi connectivity index (χ3n) is 5.33. The molecule has 0 nitrogen and oxygen atoms in total. The van der Waals surface area contributed by atoms with Crippen molar-refractivity contribution >= 4 is 35.5 Å². The van der Waals surface area contributed by atoms with Crippen molar-refractivity contribution < 1.29 is 0 Å². The molecule has 26 heavy (non-hydrogen) atoms. The quantitative estimate of drug-likeness (QED) is 0.341.